The topological polar surface area (TPSA) is 26.3 Å². The summed E-state index contributed by atoms with van der Waals surface area (Å²) >= 11 is 0. The fourth-order valence-electron chi connectivity index (χ4n) is 0.381. The van der Waals surface area contributed by atoms with E-state index in [0.717, 1.165) is 6.42 Å². The number of rotatable bonds is 2. The summed E-state index contributed by atoms with van der Waals surface area (Å²) in [7, 11) is -0.210. The van der Waals surface area contributed by atoms with Crippen LogP contribution >= 0.6 is 8.69 Å². The molecular weight excluding hydrogens is 111 g/mol. The van der Waals surface area contributed by atoms with Crippen molar-refractivity contribution in [3.8, 4) is 0 Å². The van der Waals surface area contributed by atoms with Gasteiger partial charge in [0.25, 0.3) is 0 Å². The maximum Gasteiger partial charge on any atom is 0.327 e. The minimum absolute atomic E-state index is 0.124. The normalized spacial score (nSPS) is 27.7. The highest BCUT2D eigenvalue weighted by Gasteiger charge is 2.08. The van der Waals surface area contributed by atoms with E-state index in [4.69, 9.17) is 0 Å². The highest BCUT2D eigenvalue weighted by atomic mass is 31.1. The molecule has 1 aliphatic rings. The van der Waals surface area contributed by atoms with Crippen molar-refractivity contribution in [2.45, 2.75) is 12.5 Å². The van der Waals surface area contributed by atoms with Crippen molar-refractivity contribution >= 4 is 8.69 Å². The Morgan fingerprint density at radius 1 is 1.86 bits per heavy atom. The van der Waals surface area contributed by atoms with E-state index in [1.54, 1.807) is 0 Å². The second-order valence-corrected chi connectivity index (χ2v) is 1.74. The zero-order chi connectivity index (χ0) is 5.11. The minimum Gasteiger partial charge on any atom is -0.287 e. The lowest BCUT2D eigenvalue weighted by Crippen LogP contribution is -2.08. The molecule has 0 saturated carbocycles. The van der Waals surface area contributed by atoms with E-state index >= 15 is 0 Å². The molecule has 7 heavy (non-hydrogen) atoms. The Labute approximate surface area is 43.5 Å². The maximum atomic E-state index is 9.65. The standard InChI is InChI=1S/C4H5O2P/c5-7-6-4-2-1-3-4/h1-2,4H,3H2. The van der Waals surface area contributed by atoms with Gasteiger partial charge in [-0.25, -0.2) is 4.57 Å². The van der Waals surface area contributed by atoms with Crippen LogP contribution in [0.25, 0.3) is 0 Å². The van der Waals surface area contributed by atoms with Crippen LogP contribution in [0.5, 0.6) is 0 Å². The first-order valence-electron chi connectivity index (χ1n) is 2.08. The van der Waals surface area contributed by atoms with Crippen LogP contribution in [0.4, 0.5) is 0 Å². The average Bonchev–Trinajstić information content (AvgIpc) is 1.55. The van der Waals surface area contributed by atoms with E-state index in [9.17, 15) is 4.57 Å². The average molecular weight is 116 g/mol. The molecular formula is C4H5O2P. The Balaban J connectivity index is 2.17. The SMILES string of the molecule is O=POC1C=CC1. The number of hydrogen-bond donors (Lipinski definition) is 0. The smallest absolute Gasteiger partial charge is 0.287 e. The molecule has 0 heterocycles. The first-order valence-corrected chi connectivity index (χ1v) is 2.81. The van der Waals surface area contributed by atoms with Crippen molar-refractivity contribution in [3.63, 3.8) is 0 Å². The maximum absolute atomic E-state index is 9.65. The molecule has 0 spiro atoms. The van der Waals surface area contributed by atoms with Crippen molar-refractivity contribution in [1.82, 2.24) is 0 Å². The second kappa shape index (κ2) is 2.20. The van der Waals surface area contributed by atoms with Crippen LogP contribution in [-0.2, 0) is 9.09 Å². The van der Waals surface area contributed by atoms with Crippen LogP contribution in [0.2, 0.25) is 0 Å². The van der Waals surface area contributed by atoms with Gasteiger partial charge >= 0.3 is 8.69 Å². The summed E-state index contributed by atoms with van der Waals surface area (Å²) in [4.78, 5) is 0. The Kier molecular flexibility index (Phi) is 1.55. The Morgan fingerprint density at radius 3 is 2.71 bits per heavy atom. The van der Waals surface area contributed by atoms with E-state index in [0.29, 0.717) is 0 Å². The van der Waals surface area contributed by atoms with Gasteiger partial charge in [-0.2, -0.15) is 0 Å². The van der Waals surface area contributed by atoms with E-state index in [1.807, 2.05) is 12.2 Å². The third-order valence-corrected chi connectivity index (χ3v) is 1.25. The van der Waals surface area contributed by atoms with Gasteiger partial charge in [-0.15, -0.1) is 0 Å². The lowest BCUT2D eigenvalue weighted by molar-refractivity contribution is 0.260. The predicted molar refractivity (Wildman–Crippen MR) is 26.2 cm³/mol. The molecule has 3 heteroatoms. The van der Waals surface area contributed by atoms with Crippen molar-refractivity contribution in [2.24, 2.45) is 0 Å². The molecule has 0 saturated heterocycles. The molecule has 0 aliphatic heterocycles. The van der Waals surface area contributed by atoms with Crippen LogP contribution < -0.4 is 0 Å². The van der Waals surface area contributed by atoms with Crippen molar-refractivity contribution in [1.29, 1.82) is 0 Å². The van der Waals surface area contributed by atoms with E-state index in [-0.39, 0.29) is 14.8 Å². The largest absolute Gasteiger partial charge is 0.327 e. The Bertz CT molecular complexity index is 99.9. The van der Waals surface area contributed by atoms with Gasteiger partial charge in [0.1, 0.15) is 0 Å². The van der Waals surface area contributed by atoms with Gasteiger partial charge in [0.05, 0.1) is 6.10 Å². The van der Waals surface area contributed by atoms with Gasteiger partial charge in [0.15, 0.2) is 0 Å². The lowest BCUT2D eigenvalue weighted by Gasteiger charge is -2.11. The van der Waals surface area contributed by atoms with Crippen molar-refractivity contribution < 1.29 is 9.09 Å². The second-order valence-electron chi connectivity index (χ2n) is 1.38. The summed E-state index contributed by atoms with van der Waals surface area (Å²) in [5, 5.41) is 0. The summed E-state index contributed by atoms with van der Waals surface area (Å²) < 4.78 is 14.3. The Hall–Kier alpha value is -0.200. The number of hydrogen-bond acceptors (Lipinski definition) is 2. The molecule has 0 N–H and O–H groups in total. The molecule has 0 fully saturated rings. The van der Waals surface area contributed by atoms with Gasteiger partial charge < -0.3 is 0 Å². The summed E-state index contributed by atoms with van der Waals surface area (Å²) in [6.07, 6.45) is 4.90. The van der Waals surface area contributed by atoms with Crippen LogP contribution in [0.1, 0.15) is 6.42 Å². The highest BCUT2D eigenvalue weighted by Crippen LogP contribution is 2.16. The minimum atomic E-state index is -0.210. The fourth-order valence-corrected chi connectivity index (χ4v) is 0.648. The van der Waals surface area contributed by atoms with Crippen LogP contribution in [0.3, 0.4) is 0 Å². The monoisotopic (exact) mass is 116 g/mol. The van der Waals surface area contributed by atoms with Crippen LogP contribution in [0, 0.1) is 0 Å². The summed E-state index contributed by atoms with van der Waals surface area (Å²) in [6, 6.07) is 0. The molecule has 1 unspecified atom stereocenters. The third kappa shape index (κ3) is 1.08. The first-order chi connectivity index (χ1) is 3.43. The fraction of sp³-hybridized carbons (Fsp3) is 0.500. The molecule has 0 amide bonds. The Morgan fingerprint density at radius 2 is 2.57 bits per heavy atom. The van der Waals surface area contributed by atoms with E-state index in [1.165, 1.54) is 0 Å². The van der Waals surface area contributed by atoms with Gasteiger partial charge in [0, 0.05) is 0 Å². The first kappa shape index (κ1) is 4.95. The zero-order valence-corrected chi connectivity index (χ0v) is 4.60. The molecule has 1 atom stereocenters. The quantitative estimate of drug-likeness (QED) is 0.404. The molecule has 0 bridgehead atoms. The van der Waals surface area contributed by atoms with Gasteiger partial charge in [-0.3, -0.25) is 4.52 Å². The molecule has 0 aromatic heterocycles. The lowest BCUT2D eigenvalue weighted by atomic mass is 10.1. The van der Waals surface area contributed by atoms with Crippen LogP contribution in [-0.4, -0.2) is 6.10 Å². The van der Waals surface area contributed by atoms with Crippen molar-refractivity contribution in [2.75, 3.05) is 0 Å². The van der Waals surface area contributed by atoms with Crippen LogP contribution in [0.15, 0.2) is 12.2 Å². The van der Waals surface area contributed by atoms with Crippen molar-refractivity contribution in [3.05, 3.63) is 12.2 Å². The highest BCUT2D eigenvalue weighted by molar-refractivity contribution is 7.17. The summed E-state index contributed by atoms with van der Waals surface area (Å²) in [6.45, 7) is 0. The molecule has 1 aliphatic carbocycles. The van der Waals surface area contributed by atoms with E-state index < -0.39 is 0 Å². The summed E-state index contributed by atoms with van der Waals surface area (Å²) in [5.41, 5.74) is 0. The molecule has 1 rings (SSSR count). The van der Waals surface area contributed by atoms with Gasteiger partial charge in [-0.05, 0) is 6.42 Å². The van der Waals surface area contributed by atoms with E-state index in [2.05, 4.69) is 4.52 Å². The molecule has 0 aromatic rings. The zero-order valence-electron chi connectivity index (χ0n) is 3.70. The third-order valence-electron chi connectivity index (χ3n) is 0.898. The summed E-state index contributed by atoms with van der Waals surface area (Å²) in [5.74, 6) is 0. The molecule has 0 aromatic carbocycles. The predicted octanol–water partition coefficient (Wildman–Crippen LogP) is 1.54. The van der Waals surface area contributed by atoms with Gasteiger partial charge in [0.2, 0.25) is 0 Å². The van der Waals surface area contributed by atoms with Gasteiger partial charge in [-0.1, -0.05) is 12.2 Å². The molecule has 38 valence electrons. The molecule has 0 radical (unpaired) electrons. The molecule has 2 nitrogen and oxygen atoms in total.